The number of rotatable bonds is 1. The first-order valence-corrected chi connectivity index (χ1v) is 6.94. The summed E-state index contributed by atoms with van der Waals surface area (Å²) in [6.07, 6.45) is -10.5. The van der Waals surface area contributed by atoms with Gasteiger partial charge in [-0.05, 0) is 21.5 Å². The van der Waals surface area contributed by atoms with Crippen molar-refractivity contribution in [3.05, 3.63) is 62.9 Å². The summed E-state index contributed by atoms with van der Waals surface area (Å²) in [7, 11) is 0. The highest BCUT2D eigenvalue weighted by molar-refractivity contribution is 9.11. The first-order chi connectivity index (χ1) is 11.0. The molecule has 0 aliphatic heterocycles. The highest BCUT2D eigenvalue weighted by Crippen LogP contribution is 2.58. The fourth-order valence-electron chi connectivity index (χ4n) is 2.03. The number of nitrogens with zero attached hydrogens (tertiary/aromatic N) is 1. The van der Waals surface area contributed by atoms with Gasteiger partial charge in [0.15, 0.2) is 0 Å². The third-order valence-corrected chi connectivity index (χ3v) is 3.89. The van der Waals surface area contributed by atoms with E-state index in [1.807, 2.05) is 0 Å². The monoisotopic (exact) mass is 411 g/mol. The van der Waals surface area contributed by atoms with Crippen LogP contribution < -0.4 is 0 Å². The van der Waals surface area contributed by atoms with Crippen molar-refractivity contribution < 1.29 is 30.7 Å². The molecule has 1 fully saturated rings. The Morgan fingerprint density at radius 1 is 0.875 bits per heavy atom. The van der Waals surface area contributed by atoms with Crippen LogP contribution in [0.1, 0.15) is 5.56 Å². The zero-order valence-corrected chi connectivity index (χ0v) is 12.9. The lowest BCUT2D eigenvalue weighted by Gasteiger charge is -2.03. The fourth-order valence-corrected chi connectivity index (χ4v) is 2.43. The second-order valence-corrected chi connectivity index (χ2v) is 5.39. The Labute approximate surface area is 139 Å². The van der Waals surface area contributed by atoms with Crippen LogP contribution in [-0.2, 0) is 0 Å². The minimum Gasteiger partial charge on any atom is -0.201 e. The first-order valence-electron chi connectivity index (χ1n) is 6.15. The number of hydrogen-bond acceptors (Lipinski definition) is 1. The van der Waals surface area contributed by atoms with E-state index in [1.165, 1.54) is 24.3 Å². The zero-order valence-electron chi connectivity index (χ0n) is 11.4. The van der Waals surface area contributed by atoms with Crippen molar-refractivity contribution in [2.45, 2.75) is 12.4 Å². The van der Waals surface area contributed by atoms with E-state index in [9.17, 15) is 30.7 Å². The predicted molar refractivity (Wildman–Crippen MR) is 75.2 cm³/mol. The lowest BCUT2D eigenvalue weighted by atomic mass is 10.1. The maximum absolute atomic E-state index is 13.5. The molecule has 1 saturated carbocycles. The van der Waals surface area contributed by atoms with Crippen molar-refractivity contribution in [2.24, 2.45) is 0 Å². The van der Waals surface area contributed by atoms with E-state index < -0.39 is 45.0 Å². The number of allylic oxidation sites excluding steroid dienone is 6. The molecule has 24 heavy (non-hydrogen) atoms. The van der Waals surface area contributed by atoms with Gasteiger partial charge >= 0.3 is 12.4 Å². The number of hydrogen-bond donors (Lipinski definition) is 0. The van der Waals surface area contributed by atoms with Gasteiger partial charge in [-0.1, -0.05) is 30.3 Å². The van der Waals surface area contributed by atoms with Gasteiger partial charge in [0.1, 0.15) is 10.6 Å². The molecule has 0 amide bonds. The Hall–Kier alpha value is -2.08. The minimum absolute atomic E-state index is 0.0833. The van der Waals surface area contributed by atoms with Crippen molar-refractivity contribution in [1.29, 1.82) is 5.26 Å². The Balaban J connectivity index is 2.81. The molecular weight excluding hydrogens is 407 g/mol. The molecule has 0 atom stereocenters. The van der Waals surface area contributed by atoms with Gasteiger partial charge in [0.05, 0.1) is 5.57 Å². The summed E-state index contributed by atoms with van der Waals surface area (Å²) in [6.45, 7) is 0. The molecule has 2 rings (SSSR count). The second kappa shape index (κ2) is 6.09. The molecule has 1 aliphatic rings. The molecule has 0 radical (unpaired) electrons. The molecule has 0 heterocycles. The maximum atomic E-state index is 13.5. The molecule has 126 valence electrons. The Morgan fingerprint density at radius 3 is 1.83 bits per heavy atom. The van der Waals surface area contributed by atoms with Gasteiger partial charge in [0.25, 0.3) is 0 Å². The van der Waals surface area contributed by atoms with Crippen LogP contribution in [0, 0.1) is 11.3 Å². The van der Waals surface area contributed by atoms with Crippen LogP contribution in [-0.4, -0.2) is 12.4 Å². The predicted octanol–water partition coefficient (Wildman–Crippen LogP) is 5.97. The molecule has 9 heteroatoms. The van der Waals surface area contributed by atoms with Gasteiger partial charge < -0.3 is 0 Å². The van der Waals surface area contributed by atoms with E-state index in [2.05, 4.69) is 15.9 Å². The molecule has 1 aromatic carbocycles. The maximum Gasteiger partial charge on any atom is 0.443 e. The highest BCUT2D eigenvalue weighted by Gasteiger charge is 2.52. The molecule has 1 aliphatic carbocycles. The molecule has 0 aromatic heterocycles. The molecule has 1 aromatic rings. The van der Waals surface area contributed by atoms with E-state index >= 15 is 0 Å². The largest absolute Gasteiger partial charge is 0.443 e. The van der Waals surface area contributed by atoms with Crippen molar-refractivity contribution in [3.63, 3.8) is 0 Å². The lowest BCUT2D eigenvalue weighted by Crippen LogP contribution is -2.08. The summed E-state index contributed by atoms with van der Waals surface area (Å²) < 4.78 is 88.0. The van der Waals surface area contributed by atoms with Crippen LogP contribution in [0.3, 0.4) is 0 Å². The molecule has 0 saturated heterocycles. The van der Waals surface area contributed by atoms with Gasteiger partial charge in [-0.25, -0.2) is 4.39 Å². The standard InChI is InChI=1S/C15H5BrF7N/c16-12(14(18,19)20)10-9(11(10)13(17)15(21,22)23)8(6-24)7-4-2-1-3-5-7/h1-5H/b9-8-,12-10+,13-11?. The van der Waals surface area contributed by atoms with Gasteiger partial charge in [0, 0.05) is 16.7 Å². The number of nitriles is 1. The summed E-state index contributed by atoms with van der Waals surface area (Å²) in [5.41, 5.74) is -3.35. The van der Waals surface area contributed by atoms with E-state index in [-0.39, 0.29) is 5.56 Å². The Bertz CT molecular complexity index is 767. The van der Waals surface area contributed by atoms with E-state index in [1.54, 1.807) is 12.1 Å². The van der Waals surface area contributed by atoms with Crippen molar-refractivity contribution >= 4 is 21.5 Å². The van der Waals surface area contributed by atoms with Crippen LogP contribution in [0.25, 0.3) is 5.57 Å². The summed E-state index contributed by atoms with van der Waals surface area (Å²) in [5, 5.41) is 9.14. The van der Waals surface area contributed by atoms with E-state index in [0.29, 0.717) is 0 Å². The van der Waals surface area contributed by atoms with Gasteiger partial charge in [-0.15, -0.1) is 0 Å². The number of alkyl halides is 6. The van der Waals surface area contributed by atoms with Crippen LogP contribution in [0.2, 0.25) is 0 Å². The van der Waals surface area contributed by atoms with Crippen molar-refractivity contribution in [3.8, 4) is 6.07 Å². The highest BCUT2D eigenvalue weighted by atomic mass is 79.9. The summed E-state index contributed by atoms with van der Waals surface area (Å²) >= 11 is 2.15. The van der Waals surface area contributed by atoms with E-state index in [4.69, 9.17) is 5.26 Å². The summed E-state index contributed by atoms with van der Waals surface area (Å²) in [6, 6.07) is 8.63. The van der Waals surface area contributed by atoms with Crippen LogP contribution in [0.15, 0.2) is 57.4 Å². The Kier molecular flexibility index (Phi) is 4.63. The quantitative estimate of drug-likeness (QED) is 0.412. The summed E-state index contributed by atoms with van der Waals surface area (Å²) in [4.78, 5) is 0. The normalized spacial score (nSPS) is 21.1. The van der Waals surface area contributed by atoms with Crippen LogP contribution in [0.4, 0.5) is 30.7 Å². The third kappa shape index (κ3) is 3.38. The molecule has 0 spiro atoms. The fraction of sp³-hybridized carbons (Fsp3) is 0.133. The zero-order chi connectivity index (χ0) is 18.3. The van der Waals surface area contributed by atoms with Crippen LogP contribution in [0.5, 0.6) is 0 Å². The minimum atomic E-state index is -5.46. The van der Waals surface area contributed by atoms with Gasteiger partial charge in [0.2, 0.25) is 5.83 Å². The summed E-state index contributed by atoms with van der Waals surface area (Å²) in [5.74, 6) is -2.67. The van der Waals surface area contributed by atoms with Gasteiger partial charge in [-0.2, -0.15) is 31.6 Å². The number of halogens is 8. The van der Waals surface area contributed by atoms with E-state index in [0.717, 1.165) is 0 Å². The molecule has 0 unspecified atom stereocenters. The molecule has 0 N–H and O–H groups in total. The molecule has 1 nitrogen and oxygen atoms in total. The SMILES string of the molecule is N#C/C(=C1/C(=C(F)C(F)(F)F)/C1=C(/Br)C(F)(F)F)c1ccccc1. The molecule has 0 bridgehead atoms. The second-order valence-electron chi connectivity index (χ2n) is 4.60. The van der Waals surface area contributed by atoms with Crippen molar-refractivity contribution in [1.82, 2.24) is 0 Å². The molecular formula is C15H5BrF7N. The average molecular weight is 412 g/mol. The third-order valence-electron chi connectivity index (χ3n) is 3.05. The smallest absolute Gasteiger partial charge is 0.201 e. The van der Waals surface area contributed by atoms with Crippen LogP contribution >= 0.6 is 15.9 Å². The van der Waals surface area contributed by atoms with Crippen molar-refractivity contribution in [2.75, 3.05) is 0 Å². The Morgan fingerprint density at radius 2 is 1.42 bits per heavy atom. The van der Waals surface area contributed by atoms with Gasteiger partial charge in [-0.3, -0.25) is 0 Å². The lowest BCUT2D eigenvalue weighted by molar-refractivity contribution is -0.109. The average Bonchev–Trinajstić information content (AvgIpc) is 3.20. The topological polar surface area (TPSA) is 23.8 Å². The first kappa shape index (κ1) is 18.3. The number of benzene rings is 1.